The van der Waals surface area contributed by atoms with Gasteiger partial charge in [-0.2, -0.15) is 0 Å². The Kier molecular flexibility index (Phi) is 6.84. The number of quaternary nitrogens is 1. The number of carbonyl (C=O) groups is 1. The van der Waals surface area contributed by atoms with Gasteiger partial charge in [-0.1, -0.05) is 24.3 Å². The van der Waals surface area contributed by atoms with Gasteiger partial charge in [0.25, 0.3) is 5.91 Å². The number of nitrogens with two attached hydrogens (primary N) is 2. The van der Waals surface area contributed by atoms with Crippen LogP contribution in [-0.4, -0.2) is 27.4 Å². The lowest BCUT2D eigenvalue weighted by molar-refractivity contribution is -0.682. The lowest BCUT2D eigenvalue weighted by Crippen LogP contribution is -2.87. The Morgan fingerprint density at radius 2 is 1.77 bits per heavy atom. The molecule has 0 radical (unpaired) electrons. The number of hydrogen-bond donors (Lipinski definition) is 3. The highest BCUT2D eigenvalue weighted by Gasteiger charge is 2.11. The molecular formula is C18H23FN3O3S+. The highest BCUT2D eigenvalue weighted by molar-refractivity contribution is 7.89. The summed E-state index contributed by atoms with van der Waals surface area (Å²) in [5.74, 6) is -0.379. The molecular weight excluding hydrogens is 357 g/mol. The first-order valence-corrected chi connectivity index (χ1v) is 9.77. The van der Waals surface area contributed by atoms with Crippen molar-refractivity contribution in [2.75, 3.05) is 13.1 Å². The number of hydrogen-bond acceptors (Lipinski definition) is 3. The minimum atomic E-state index is -3.69. The summed E-state index contributed by atoms with van der Waals surface area (Å²) in [4.78, 5) is 12.0. The monoisotopic (exact) mass is 380 g/mol. The molecule has 6 nitrogen and oxygen atoms in total. The van der Waals surface area contributed by atoms with E-state index in [1.165, 1.54) is 24.3 Å². The topological polar surface area (TPSA) is 106 Å². The van der Waals surface area contributed by atoms with E-state index in [9.17, 15) is 17.6 Å². The molecule has 0 heterocycles. The molecule has 0 fully saturated rings. The van der Waals surface area contributed by atoms with Crippen LogP contribution in [0.3, 0.4) is 0 Å². The summed E-state index contributed by atoms with van der Waals surface area (Å²) in [6.45, 7) is 2.67. The standard InChI is InChI=1S/C18H22FN3O3S/c1-13(15-4-6-16(19)7-5-15)22-12-18(23)21-11-10-14-2-8-17(9-3-14)26(20,24)25/h2-9,13,22H,10-12H2,1H3,(H,21,23)(H2,20,24,25)/p+1/t13-/m0/s1. The van der Waals surface area contributed by atoms with E-state index in [-0.39, 0.29) is 29.2 Å². The Balaban J connectivity index is 1.72. The predicted octanol–water partition coefficient (Wildman–Crippen LogP) is 0.456. The van der Waals surface area contributed by atoms with Crippen molar-refractivity contribution in [1.82, 2.24) is 5.32 Å². The first-order valence-electron chi connectivity index (χ1n) is 8.23. The van der Waals surface area contributed by atoms with Crippen molar-refractivity contribution in [1.29, 1.82) is 0 Å². The third-order valence-electron chi connectivity index (χ3n) is 4.04. The van der Waals surface area contributed by atoms with Gasteiger partial charge in [0.05, 0.1) is 4.90 Å². The molecule has 1 amide bonds. The summed E-state index contributed by atoms with van der Waals surface area (Å²) >= 11 is 0. The van der Waals surface area contributed by atoms with Crippen molar-refractivity contribution < 1.29 is 22.9 Å². The van der Waals surface area contributed by atoms with Gasteiger partial charge in [0, 0.05) is 12.1 Å². The zero-order valence-electron chi connectivity index (χ0n) is 14.5. The first-order chi connectivity index (χ1) is 12.3. The maximum absolute atomic E-state index is 12.9. The van der Waals surface area contributed by atoms with Crippen LogP contribution < -0.4 is 15.8 Å². The number of carbonyl (C=O) groups excluding carboxylic acids is 1. The van der Waals surface area contributed by atoms with E-state index in [2.05, 4.69) is 5.32 Å². The van der Waals surface area contributed by atoms with Crippen LogP contribution in [0.15, 0.2) is 53.4 Å². The summed E-state index contributed by atoms with van der Waals surface area (Å²) in [7, 11) is -3.69. The number of halogens is 1. The first kappa shape index (κ1) is 20.0. The van der Waals surface area contributed by atoms with Gasteiger partial charge in [0.2, 0.25) is 10.0 Å². The second-order valence-corrected chi connectivity index (χ2v) is 7.63. The summed E-state index contributed by atoms with van der Waals surface area (Å²) in [5, 5.41) is 9.74. The molecule has 0 aliphatic carbocycles. The van der Waals surface area contributed by atoms with Crippen molar-refractivity contribution in [2.45, 2.75) is 24.3 Å². The van der Waals surface area contributed by atoms with Gasteiger partial charge in [-0.25, -0.2) is 17.9 Å². The molecule has 26 heavy (non-hydrogen) atoms. The van der Waals surface area contributed by atoms with Crippen molar-refractivity contribution in [3.05, 3.63) is 65.5 Å². The number of nitrogens with one attached hydrogen (secondary N) is 1. The van der Waals surface area contributed by atoms with E-state index >= 15 is 0 Å². The molecule has 140 valence electrons. The summed E-state index contributed by atoms with van der Waals surface area (Å²) in [6.07, 6.45) is 0.587. The molecule has 2 aromatic rings. The molecule has 2 rings (SSSR count). The lowest BCUT2D eigenvalue weighted by atomic mass is 10.1. The van der Waals surface area contributed by atoms with E-state index in [0.29, 0.717) is 13.0 Å². The summed E-state index contributed by atoms with van der Waals surface area (Å²) in [5.41, 5.74) is 1.86. The highest BCUT2D eigenvalue weighted by atomic mass is 32.2. The van der Waals surface area contributed by atoms with E-state index < -0.39 is 10.0 Å². The van der Waals surface area contributed by atoms with Gasteiger partial charge < -0.3 is 10.6 Å². The molecule has 0 spiro atoms. The molecule has 8 heteroatoms. The lowest BCUT2D eigenvalue weighted by Gasteiger charge is -2.11. The zero-order chi connectivity index (χ0) is 19.2. The van der Waals surface area contributed by atoms with Crippen LogP contribution in [0.1, 0.15) is 24.1 Å². The fraction of sp³-hybridized carbons (Fsp3) is 0.278. The van der Waals surface area contributed by atoms with Gasteiger partial charge in [-0.3, -0.25) is 4.79 Å². The quantitative estimate of drug-likeness (QED) is 0.619. The Morgan fingerprint density at radius 1 is 1.15 bits per heavy atom. The van der Waals surface area contributed by atoms with Crippen LogP contribution in [0.4, 0.5) is 4.39 Å². The van der Waals surface area contributed by atoms with Crippen LogP contribution in [0.5, 0.6) is 0 Å². The third-order valence-corrected chi connectivity index (χ3v) is 4.97. The van der Waals surface area contributed by atoms with Crippen molar-refractivity contribution in [2.24, 2.45) is 5.14 Å². The fourth-order valence-corrected chi connectivity index (χ4v) is 2.97. The highest BCUT2D eigenvalue weighted by Crippen LogP contribution is 2.09. The second-order valence-electron chi connectivity index (χ2n) is 6.07. The van der Waals surface area contributed by atoms with Crippen molar-refractivity contribution in [3.8, 4) is 0 Å². The minimum absolute atomic E-state index is 0.0482. The average molecular weight is 380 g/mol. The van der Waals surface area contributed by atoms with Crippen LogP contribution in [0, 0.1) is 5.82 Å². The minimum Gasteiger partial charge on any atom is -0.351 e. The molecule has 0 aliphatic rings. The Hall–Kier alpha value is -2.29. The number of benzene rings is 2. The number of rotatable bonds is 8. The normalized spacial score (nSPS) is 12.6. The summed E-state index contributed by atoms with van der Waals surface area (Å²) in [6, 6.07) is 12.5. The fourth-order valence-electron chi connectivity index (χ4n) is 2.45. The largest absolute Gasteiger partial charge is 0.351 e. The van der Waals surface area contributed by atoms with Gasteiger partial charge >= 0.3 is 0 Å². The number of primary sulfonamides is 1. The van der Waals surface area contributed by atoms with Crippen LogP contribution in [-0.2, 0) is 21.2 Å². The Morgan fingerprint density at radius 3 is 2.35 bits per heavy atom. The Labute approximate surface area is 152 Å². The SMILES string of the molecule is C[C@H]([NH2+]CC(=O)NCCc1ccc(S(N)(=O)=O)cc1)c1ccc(F)cc1. The Bertz CT molecular complexity index is 837. The van der Waals surface area contributed by atoms with Crippen molar-refractivity contribution in [3.63, 3.8) is 0 Å². The molecule has 5 N–H and O–H groups in total. The maximum atomic E-state index is 12.9. The molecule has 0 aromatic heterocycles. The molecule has 2 aromatic carbocycles. The van der Waals surface area contributed by atoms with E-state index in [4.69, 9.17) is 5.14 Å². The number of amides is 1. The molecule has 0 bridgehead atoms. The number of sulfonamides is 1. The second kappa shape index (κ2) is 8.88. The van der Waals surface area contributed by atoms with Crippen LogP contribution in [0.2, 0.25) is 0 Å². The van der Waals surface area contributed by atoms with E-state index in [1.807, 2.05) is 12.2 Å². The van der Waals surface area contributed by atoms with Gasteiger partial charge in [0.15, 0.2) is 6.54 Å². The molecule has 0 unspecified atom stereocenters. The molecule has 1 atom stereocenters. The smallest absolute Gasteiger partial charge is 0.275 e. The molecule has 0 aliphatic heterocycles. The zero-order valence-corrected chi connectivity index (χ0v) is 15.3. The molecule has 0 saturated heterocycles. The van der Waals surface area contributed by atoms with E-state index in [1.54, 1.807) is 24.3 Å². The predicted molar refractivity (Wildman–Crippen MR) is 96.1 cm³/mol. The third kappa shape index (κ3) is 6.21. The van der Waals surface area contributed by atoms with Gasteiger partial charge in [0.1, 0.15) is 11.9 Å². The maximum Gasteiger partial charge on any atom is 0.275 e. The van der Waals surface area contributed by atoms with Gasteiger partial charge in [-0.15, -0.1) is 0 Å². The average Bonchev–Trinajstić information content (AvgIpc) is 2.60. The van der Waals surface area contributed by atoms with Gasteiger partial charge in [-0.05, 0) is 43.2 Å². The summed E-state index contributed by atoms with van der Waals surface area (Å²) < 4.78 is 35.3. The van der Waals surface area contributed by atoms with Crippen molar-refractivity contribution >= 4 is 15.9 Å². The van der Waals surface area contributed by atoms with Crippen LogP contribution >= 0.6 is 0 Å². The van der Waals surface area contributed by atoms with Crippen LogP contribution in [0.25, 0.3) is 0 Å². The molecule has 0 saturated carbocycles. The van der Waals surface area contributed by atoms with E-state index in [0.717, 1.165) is 11.1 Å².